The number of rotatable bonds is 6. The first-order valence-corrected chi connectivity index (χ1v) is 8.54. The maximum atomic E-state index is 12.6. The Hall–Kier alpha value is -3.88. The highest BCUT2D eigenvalue weighted by atomic mass is 16.7. The Balaban J connectivity index is 1.82. The minimum Gasteiger partial charge on any atom is -0.493 e. The van der Waals surface area contributed by atoms with Gasteiger partial charge in [0.2, 0.25) is 5.75 Å². The van der Waals surface area contributed by atoms with Crippen LogP contribution in [0.1, 0.15) is 17.3 Å². The van der Waals surface area contributed by atoms with Crippen molar-refractivity contribution in [1.29, 1.82) is 0 Å². The lowest BCUT2D eigenvalue weighted by atomic mass is 10.2. The van der Waals surface area contributed by atoms with Crippen molar-refractivity contribution in [2.24, 2.45) is 10.3 Å². The fraction of sp³-hybridized carbons (Fsp3) is 0.200. The molecule has 9 heteroatoms. The minimum atomic E-state index is -0.796. The molecule has 0 saturated carbocycles. The van der Waals surface area contributed by atoms with Crippen LogP contribution in [0, 0.1) is 0 Å². The molecule has 150 valence electrons. The monoisotopic (exact) mass is 397 g/mol. The second-order valence-electron chi connectivity index (χ2n) is 5.87. The quantitative estimate of drug-likeness (QED) is 0.549. The lowest BCUT2D eigenvalue weighted by Gasteiger charge is -2.13. The number of hydrazone groups is 1. The first-order chi connectivity index (χ1) is 14.0. The molecular formula is C20H19N3O6. The van der Waals surface area contributed by atoms with E-state index in [1.165, 1.54) is 38.5 Å². The molecule has 0 aromatic heterocycles. The molecule has 2 aromatic carbocycles. The molecule has 1 heterocycles. The van der Waals surface area contributed by atoms with E-state index >= 15 is 0 Å². The molecule has 2 aromatic rings. The summed E-state index contributed by atoms with van der Waals surface area (Å²) in [6.07, 6.45) is 0. The van der Waals surface area contributed by atoms with E-state index in [1.807, 2.05) is 6.07 Å². The van der Waals surface area contributed by atoms with Crippen molar-refractivity contribution < 1.29 is 28.6 Å². The Kier molecular flexibility index (Phi) is 5.77. The summed E-state index contributed by atoms with van der Waals surface area (Å²) >= 11 is 0. The van der Waals surface area contributed by atoms with Crippen LogP contribution in [0.5, 0.6) is 17.2 Å². The largest absolute Gasteiger partial charge is 0.493 e. The number of nitrogens with zero attached hydrogens (tertiary/aromatic N) is 3. The maximum Gasteiger partial charge on any atom is 0.366 e. The van der Waals surface area contributed by atoms with E-state index in [-0.39, 0.29) is 22.8 Å². The minimum absolute atomic E-state index is 0.0605. The average molecular weight is 397 g/mol. The average Bonchev–Trinajstić information content (AvgIpc) is 3.04. The van der Waals surface area contributed by atoms with Gasteiger partial charge >= 0.3 is 11.9 Å². The summed E-state index contributed by atoms with van der Waals surface area (Å²) in [5, 5.41) is 9.09. The summed E-state index contributed by atoms with van der Waals surface area (Å²) in [6, 6.07) is 11.7. The van der Waals surface area contributed by atoms with Gasteiger partial charge in [0.05, 0.1) is 38.3 Å². The number of methoxy groups -OCH3 is 3. The van der Waals surface area contributed by atoms with Crippen LogP contribution < -0.4 is 19.2 Å². The summed E-state index contributed by atoms with van der Waals surface area (Å²) in [5.74, 6) is -0.375. The van der Waals surface area contributed by atoms with Gasteiger partial charge in [0, 0.05) is 0 Å². The van der Waals surface area contributed by atoms with Gasteiger partial charge < -0.3 is 19.0 Å². The third kappa shape index (κ3) is 3.88. The smallest absolute Gasteiger partial charge is 0.366 e. The number of para-hydroxylation sites is 1. The highest BCUT2D eigenvalue weighted by Gasteiger charge is 2.31. The number of carbonyl (C=O) groups excluding carboxylic acids is 2. The molecule has 9 nitrogen and oxygen atoms in total. The fourth-order valence-electron chi connectivity index (χ4n) is 2.69. The highest BCUT2D eigenvalue weighted by molar-refractivity contribution is 6.71. The standard InChI is InChI=1S/C20H19N3O6/c1-12-17(19(24)23(21-12)14-8-6-5-7-9-14)22-29-20(25)13-10-15(26-2)18(28-4)16(11-13)27-3/h5-11H,1-4H3/b22-17-. The van der Waals surface area contributed by atoms with Crippen LogP contribution in [-0.2, 0) is 9.63 Å². The number of benzene rings is 2. The molecule has 1 aliphatic rings. The molecule has 0 bridgehead atoms. The molecule has 1 aliphatic heterocycles. The summed E-state index contributed by atoms with van der Waals surface area (Å²) < 4.78 is 15.7. The van der Waals surface area contributed by atoms with Crippen LogP contribution in [0.2, 0.25) is 0 Å². The number of hydrogen-bond acceptors (Lipinski definition) is 8. The number of carbonyl (C=O) groups is 2. The van der Waals surface area contributed by atoms with Crippen LogP contribution in [0.4, 0.5) is 5.69 Å². The molecule has 0 saturated heterocycles. The Labute approximate surface area is 167 Å². The van der Waals surface area contributed by atoms with Crippen molar-refractivity contribution in [3.05, 3.63) is 48.0 Å². The Morgan fingerprint density at radius 1 is 1.00 bits per heavy atom. The molecule has 0 fully saturated rings. The molecule has 0 atom stereocenters. The number of ether oxygens (including phenoxy) is 3. The zero-order valence-electron chi connectivity index (χ0n) is 16.3. The summed E-state index contributed by atoms with van der Waals surface area (Å²) in [7, 11) is 4.32. The van der Waals surface area contributed by atoms with Crippen LogP contribution in [0.25, 0.3) is 0 Å². The van der Waals surface area contributed by atoms with Gasteiger partial charge in [-0.15, -0.1) is 0 Å². The predicted molar refractivity (Wildman–Crippen MR) is 106 cm³/mol. The van der Waals surface area contributed by atoms with E-state index in [4.69, 9.17) is 19.0 Å². The van der Waals surface area contributed by atoms with Crippen molar-refractivity contribution in [1.82, 2.24) is 0 Å². The van der Waals surface area contributed by atoms with Gasteiger partial charge in [-0.3, -0.25) is 4.79 Å². The first-order valence-electron chi connectivity index (χ1n) is 8.54. The van der Waals surface area contributed by atoms with Crippen LogP contribution in [0.3, 0.4) is 0 Å². The van der Waals surface area contributed by atoms with Crippen molar-refractivity contribution in [3.8, 4) is 17.2 Å². The van der Waals surface area contributed by atoms with Crippen molar-refractivity contribution >= 4 is 29.0 Å². The Morgan fingerprint density at radius 3 is 2.17 bits per heavy atom. The van der Waals surface area contributed by atoms with E-state index in [9.17, 15) is 9.59 Å². The normalized spacial score (nSPS) is 14.6. The van der Waals surface area contributed by atoms with E-state index < -0.39 is 11.9 Å². The van der Waals surface area contributed by atoms with Gasteiger partial charge in [-0.25, -0.2) is 4.79 Å². The fourth-order valence-corrected chi connectivity index (χ4v) is 2.69. The molecular weight excluding hydrogens is 378 g/mol. The van der Waals surface area contributed by atoms with Crippen molar-refractivity contribution in [2.75, 3.05) is 26.3 Å². The van der Waals surface area contributed by atoms with Gasteiger partial charge in [-0.2, -0.15) is 10.1 Å². The van der Waals surface area contributed by atoms with Crippen molar-refractivity contribution in [3.63, 3.8) is 0 Å². The van der Waals surface area contributed by atoms with Crippen LogP contribution in [0.15, 0.2) is 52.7 Å². The number of amides is 1. The van der Waals surface area contributed by atoms with Gasteiger partial charge in [0.15, 0.2) is 17.2 Å². The predicted octanol–water partition coefficient (Wildman–Crippen LogP) is 2.65. The third-order valence-electron chi connectivity index (χ3n) is 4.11. The summed E-state index contributed by atoms with van der Waals surface area (Å²) in [5.41, 5.74) is 0.966. The van der Waals surface area contributed by atoms with Crippen LogP contribution in [-0.4, -0.2) is 44.6 Å². The van der Waals surface area contributed by atoms with E-state index in [1.54, 1.807) is 31.2 Å². The lowest BCUT2D eigenvalue weighted by molar-refractivity contribution is -0.112. The zero-order valence-corrected chi connectivity index (χ0v) is 16.3. The van der Waals surface area contributed by atoms with Gasteiger partial charge in [0.25, 0.3) is 0 Å². The van der Waals surface area contributed by atoms with E-state index in [0.29, 0.717) is 17.1 Å². The SMILES string of the molecule is COc1cc(C(=O)O/N=C2\C(=O)N(c3ccccc3)N=C2C)cc(OC)c1OC. The third-order valence-corrected chi connectivity index (χ3v) is 4.11. The van der Waals surface area contributed by atoms with E-state index in [2.05, 4.69) is 10.3 Å². The Morgan fingerprint density at radius 2 is 1.62 bits per heavy atom. The van der Waals surface area contributed by atoms with Gasteiger partial charge in [0.1, 0.15) is 0 Å². The molecule has 0 spiro atoms. The van der Waals surface area contributed by atoms with E-state index in [0.717, 1.165) is 0 Å². The van der Waals surface area contributed by atoms with Gasteiger partial charge in [-0.05, 0) is 31.2 Å². The van der Waals surface area contributed by atoms with Crippen molar-refractivity contribution in [2.45, 2.75) is 6.92 Å². The molecule has 0 N–H and O–H groups in total. The topological polar surface area (TPSA) is 99.0 Å². The summed E-state index contributed by atoms with van der Waals surface area (Å²) in [4.78, 5) is 30.0. The first kappa shape index (κ1) is 19.9. The maximum absolute atomic E-state index is 12.6. The highest BCUT2D eigenvalue weighted by Crippen LogP contribution is 2.38. The zero-order chi connectivity index (χ0) is 21.0. The lowest BCUT2D eigenvalue weighted by Crippen LogP contribution is -2.27. The molecule has 0 radical (unpaired) electrons. The molecule has 3 rings (SSSR count). The summed E-state index contributed by atoms with van der Waals surface area (Å²) in [6.45, 7) is 1.60. The number of anilines is 1. The number of hydrogen-bond donors (Lipinski definition) is 0. The second-order valence-corrected chi connectivity index (χ2v) is 5.87. The molecule has 1 amide bonds. The molecule has 29 heavy (non-hydrogen) atoms. The Bertz CT molecular complexity index is 976. The van der Waals surface area contributed by atoms with Crippen LogP contribution >= 0.6 is 0 Å². The van der Waals surface area contributed by atoms with Gasteiger partial charge in [-0.1, -0.05) is 23.4 Å². The number of oxime groups is 1. The molecule has 0 unspecified atom stereocenters. The second kappa shape index (κ2) is 8.42. The molecule has 0 aliphatic carbocycles.